The Balaban J connectivity index is 2.77. The highest BCUT2D eigenvalue weighted by Gasteiger charge is 2.35. The largest absolute Gasteiger partial charge is 0.368 e. The Bertz CT molecular complexity index is 761. The fourth-order valence-corrected chi connectivity index (χ4v) is 4.65. The summed E-state index contributed by atoms with van der Waals surface area (Å²) in [4.78, 5) is -0.384. The van der Waals surface area contributed by atoms with Gasteiger partial charge in [0.1, 0.15) is 9.79 Å². The summed E-state index contributed by atoms with van der Waals surface area (Å²) < 4.78 is 51.6. The molecule has 0 saturated carbocycles. The molecule has 7 nitrogen and oxygen atoms in total. The SMILES string of the molecule is CNS(=O)(=O)c1cc2c(cc1Cl)NC(C)N(C)S2(=O)=O. The van der Waals surface area contributed by atoms with E-state index in [9.17, 15) is 16.8 Å². The first-order valence-corrected chi connectivity index (χ1v) is 8.93. The van der Waals surface area contributed by atoms with E-state index in [1.54, 1.807) is 6.92 Å². The lowest BCUT2D eigenvalue weighted by atomic mass is 10.3. The molecule has 10 heteroatoms. The van der Waals surface area contributed by atoms with Crippen LogP contribution in [0.25, 0.3) is 0 Å². The Labute approximate surface area is 123 Å². The van der Waals surface area contributed by atoms with Crippen LogP contribution in [0.3, 0.4) is 0 Å². The van der Waals surface area contributed by atoms with Crippen molar-refractivity contribution in [3.8, 4) is 0 Å². The van der Waals surface area contributed by atoms with Crippen molar-refractivity contribution in [1.82, 2.24) is 9.03 Å². The van der Waals surface area contributed by atoms with E-state index >= 15 is 0 Å². The number of nitrogens with one attached hydrogen (secondary N) is 2. The van der Waals surface area contributed by atoms with Crippen LogP contribution in [-0.2, 0) is 20.0 Å². The highest BCUT2D eigenvalue weighted by Crippen LogP contribution is 2.36. The van der Waals surface area contributed by atoms with E-state index in [0.29, 0.717) is 0 Å². The van der Waals surface area contributed by atoms with E-state index in [0.717, 1.165) is 10.4 Å². The summed E-state index contributed by atoms with van der Waals surface area (Å²) in [7, 11) is -4.95. The first-order chi connectivity index (χ1) is 9.11. The number of nitrogens with zero attached hydrogens (tertiary/aromatic N) is 1. The minimum atomic E-state index is -3.84. The molecule has 112 valence electrons. The van der Waals surface area contributed by atoms with Gasteiger partial charge in [-0.1, -0.05) is 11.6 Å². The maximum Gasteiger partial charge on any atom is 0.246 e. The monoisotopic (exact) mass is 339 g/mol. The van der Waals surface area contributed by atoms with Crippen LogP contribution in [0.4, 0.5) is 5.69 Å². The van der Waals surface area contributed by atoms with Gasteiger partial charge in [0.25, 0.3) is 0 Å². The molecule has 0 bridgehead atoms. The van der Waals surface area contributed by atoms with Gasteiger partial charge >= 0.3 is 0 Å². The van der Waals surface area contributed by atoms with Gasteiger partial charge in [0.05, 0.1) is 16.9 Å². The number of fused-ring (bicyclic) bond motifs is 1. The normalized spacial score (nSPS) is 22.1. The lowest BCUT2D eigenvalue weighted by Gasteiger charge is -2.32. The molecule has 1 atom stereocenters. The van der Waals surface area contributed by atoms with Crippen molar-refractivity contribution >= 4 is 37.3 Å². The molecule has 0 radical (unpaired) electrons. The Morgan fingerprint density at radius 3 is 2.55 bits per heavy atom. The standard InChI is InChI=1S/C10H14ClN3O4S2/c1-6-13-8-4-7(11)9(19(15,16)12-2)5-10(8)20(17,18)14(6)3/h4-6,12-13H,1-3H3. The van der Waals surface area contributed by atoms with Crippen LogP contribution >= 0.6 is 11.6 Å². The smallest absolute Gasteiger partial charge is 0.246 e. The molecule has 1 heterocycles. The third-order valence-electron chi connectivity index (χ3n) is 3.16. The van der Waals surface area contributed by atoms with Crippen molar-refractivity contribution in [2.45, 2.75) is 22.9 Å². The summed E-state index contributed by atoms with van der Waals surface area (Å²) in [6, 6.07) is 2.37. The van der Waals surface area contributed by atoms with Crippen LogP contribution in [0.2, 0.25) is 5.02 Å². The minimum absolute atomic E-state index is 0.0439. The molecule has 1 aromatic rings. The van der Waals surface area contributed by atoms with Gasteiger partial charge in [0.15, 0.2) is 0 Å². The summed E-state index contributed by atoms with van der Waals surface area (Å²) in [6.45, 7) is 1.67. The number of rotatable bonds is 2. The van der Waals surface area contributed by atoms with Crippen LogP contribution in [0.5, 0.6) is 0 Å². The average Bonchev–Trinajstić information content (AvgIpc) is 2.35. The second-order valence-electron chi connectivity index (χ2n) is 4.33. The first-order valence-electron chi connectivity index (χ1n) is 5.63. The van der Waals surface area contributed by atoms with Crippen molar-refractivity contribution in [1.29, 1.82) is 0 Å². The predicted molar refractivity (Wildman–Crippen MR) is 75.7 cm³/mol. The Morgan fingerprint density at radius 1 is 1.40 bits per heavy atom. The van der Waals surface area contributed by atoms with Crippen molar-refractivity contribution in [3.05, 3.63) is 17.2 Å². The van der Waals surface area contributed by atoms with E-state index in [4.69, 9.17) is 11.6 Å². The van der Waals surface area contributed by atoms with Crippen LogP contribution in [0.15, 0.2) is 21.9 Å². The van der Waals surface area contributed by atoms with Gasteiger partial charge in [-0.15, -0.1) is 0 Å². The maximum atomic E-state index is 12.3. The second-order valence-corrected chi connectivity index (χ2v) is 8.56. The molecule has 0 spiro atoms. The lowest BCUT2D eigenvalue weighted by Crippen LogP contribution is -2.44. The number of hydrogen-bond acceptors (Lipinski definition) is 5. The molecule has 0 amide bonds. The third-order valence-corrected chi connectivity index (χ3v) is 7.01. The third kappa shape index (κ3) is 2.29. The zero-order chi connectivity index (χ0) is 15.3. The van der Waals surface area contributed by atoms with E-state index in [1.165, 1.54) is 20.2 Å². The molecular formula is C10H14ClN3O4S2. The summed E-state index contributed by atoms with van der Waals surface area (Å²) >= 11 is 5.93. The number of anilines is 1. The van der Waals surface area contributed by atoms with Crippen molar-refractivity contribution in [2.75, 3.05) is 19.4 Å². The summed E-state index contributed by atoms with van der Waals surface area (Å²) in [5.74, 6) is 0. The highest BCUT2D eigenvalue weighted by molar-refractivity contribution is 7.90. The van der Waals surface area contributed by atoms with Crippen molar-refractivity contribution < 1.29 is 16.8 Å². The molecule has 0 fully saturated rings. The van der Waals surface area contributed by atoms with Gasteiger partial charge in [-0.3, -0.25) is 0 Å². The van der Waals surface area contributed by atoms with Gasteiger partial charge < -0.3 is 5.32 Å². The molecule has 1 unspecified atom stereocenters. The van der Waals surface area contributed by atoms with Crippen LogP contribution in [-0.4, -0.2) is 41.4 Å². The molecule has 0 aliphatic carbocycles. The lowest BCUT2D eigenvalue weighted by molar-refractivity contribution is 0.409. The van der Waals surface area contributed by atoms with Gasteiger partial charge in [0, 0.05) is 7.05 Å². The molecule has 1 aromatic carbocycles. The number of hydrogen-bond donors (Lipinski definition) is 2. The minimum Gasteiger partial charge on any atom is -0.368 e. The number of sulfonamides is 2. The number of benzene rings is 1. The molecule has 2 rings (SSSR count). The van der Waals surface area contributed by atoms with Crippen molar-refractivity contribution in [2.24, 2.45) is 0 Å². The Hall–Kier alpha value is -0.870. The first kappa shape index (κ1) is 15.5. The zero-order valence-electron chi connectivity index (χ0n) is 11.0. The Morgan fingerprint density at radius 2 is 2.00 bits per heavy atom. The van der Waals surface area contributed by atoms with Crippen LogP contribution in [0.1, 0.15) is 6.92 Å². The van der Waals surface area contributed by atoms with Gasteiger partial charge in [0.2, 0.25) is 20.0 Å². The Kier molecular flexibility index (Phi) is 3.76. The molecule has 20 heavy (non-hydrogen) atoms. The zero-order valence-corrected chi connectivity index (χ0v) is 13.4. The van der Waals surface area contributed by atoms with E-state index in [1.807, 2.05) is 0 Å². The maximum absolute atomic E-state index is 12.3. The van der Waals surface area contributed by atoms with Crippen LogP contribution < -0.4 is 10.0 Å². The number of halogens is 1. The molecule has 2 N–H and O–H groups in total. The van der Waals surface area contributed by atoms with E-state index in [2.05, 4.69) is 10.0 Å². The van der Waals surface area contributed by atoms with Gasteiger partial charge in [-0.2, -0.15) is 4.31 Å². The highest BCUT2D eigenvalue weighted by atomic mass is 35.5. The second kappa shape index (κ2) is 4.85. The van der Waals surface area contributed by atoms with Crippen LogP contribution in [0, 0.1) is 0 Å². The van der Waals surface area contributed by atoms with Gasteiger partial charge in [-0.25, -0.2) is 21.6 Å². The molecule has 0 saturated heterocycles. The summed E-state index contributed by atoms with van der Waals surface area (Å²) in [6.07, 6.45) is -0.449. The molecular weight excluding hydrogens is 326 g/mol. The fourth-order valence-electron chi connectivity index (χ4n) is 1.86. The van der Waals surface area contributed by atoms with Crippen molar-refractivity contribution in [3.63, 3.8) is 0 Å². The quantitative estimate of drug-likeness (QED) is 0.824. The predicted octanol–water partition coefficient (Wildman–Crippen LogP) is 0.640. The average molecular weight is 340 g/mol. The molecule has 0 aromatic heterocycles. The fraction of sp³-hybridized carbons (Fsp3) is 0.400. The van der Waals surface area contributed by atoms with Gasteiger partial charge in [-0.05, 0) is 26.1 Å². The topological polar surface area (TPSA) is 95.6 Å². The summed E-state index contributed by atoms with van der Waals surface area (Å²) in [5.41, 5.74) is 0.288. The molecule has 1 aliphatic heterocycles. The summed E-state index contributed by atoms with van der Waals surface area (Å²) in [5, 5.41) is 2.91. The molecule has 1 aliphatic rings. The van der Waals surface area contributed by atoms with E-state index < -0.39 is 26.2 Å². The van der Waals surface area contributed by atoms with E-state index in [-0.39, 0.29) is 20.5 Å².